The molecule has 4 nitrogen and oxygen atoms in total. The van der Waals surface area contributed by atoms with Gasteiger partial charge in [-0.05, 0) is 0 Å². The fraction of sp³-hybridized carbons (Fsp3) is 0.267. The summed E-state index contributed by atoms with van der Waals surface area (Å²) in [7, 11) is 0. The third-order valence-electron chi connectivity index (χ3n) is 3.39. The SMILES string of the molecule is FC(F)(F)CNc1ccc2c(c1)/C(=C/c1c[n]([Tl])cn1)CCO2. The first-order chi connectivity index (χ1) is 10.9. The average molecular weight is 513 g/mol. The molecule has 118 valence electrons. The van der Waals surface area contributed by atoms with E-state index in [1.165, 1.54) is 0 Å². The van der Waals surface area contributed by atoms with Crippen LogP contribution in [0.15, 0.2) is 30.7 Å². The van der Waals surface area contributed by atoms with Crippen molar-refractivity contribution in [2.75, 3.05) is 18.5 Å². The molecule has 2 aromatic rings. The zero-order valence-corrected chi connectivity index (χ0v) is 16.6. The summed E-state index contributed by atoms with van der Waals surface area (Å²) in [6.07, 6.45) is 2.15. The number of nitrogens with zero attached hydrogens (tertiary/aromatic N) is 2. The maximum absolute atomic E-state index is 12.3. The number of ether oxygens (including phenoxy) is 1. The molecule has 0 radical (unpaired) electrons. The molecule has 0 aliphatic carbocycles. The van der Waals surface area contributed by atoms with E-state index < -0.39 is 12.7 Å². The Labute approximate surface area is 147 Å². The second-order valence-corrected chi connectivity index (χ2v) is 7.51. The van der Waals surface area contributed by atoms with Crippen molar-refractivity contribution in [3.8, 4) is 5.75 Å². The average Bonchev–Trinajstić information content (AvgIpc) is 2.90. The zero-order chi connectivity index (χ0) is 16.4. The number of alkyl halides is 3. The van der Waals surface area contributed by atoms with E-state index >= 15 is 0 Å². The van der Waals surface area contributed by atoms with Gasteiger partial charge < -0.3 is 0 Å². The van der Waals surface area contributed by atoms with Crippen LogP contribution in [0, 0.1) is 0 Å². The monoisotopic (exact) mass is 513 g/mol. The molecule has 3 rings (SSSR count). The molecule has 1 N–H and O–H groups in total. The summed E-state index contributed by atoms with van der Waals surface area (Å²) >= 11 is 0.653. The van der Waals surface area contributed by atoms with Gasteiger partial charge in [0.25, 0.3) is 0 Å². The van der Waals surface area contributed by atoms with Gasteiger partial charge in [-0.1, -0.05) is 0 Å². The van der Waals surface area contributed by atoms with E-state index in [0.717, 1.165) is 16.8 Å². The molecule has 0 bridgehead atoms. The molecule has 1 aliphatic heterocycles. The Morgan fingerprint density at radius 1 is 1.39 bits per heavy atom. The number of imidazole rings is 1. The topological polar surface area (TPSA) is 39.1 Å². The molecule has 0 saturated heterocycles. The zero-order valence-electron chi connectivity index (χ0n) is 12.1. The first kappa shape index (κ1) is 16.3. The summed E-state index contributed by atoms with van der Waals surface area (Å²) in [6, 6.07) is 5.00. The van der Waals surface area contributed by atoms with E-state index in [0.29, 0.717) is 50.5 Å². The van der Waals surface area contributed by atoms with E-state index in [9.17, 15) is 13.2 Å². The van der Waals surface area contributed by atoms with E-state index in [1.54, 1.807) is 24.5 Å². The van der Waals surface area contributed by atoms with Crippen LogP contribution in [-0.2, 0) is 0 Å². The van der Waals surface area contributed by atoms with E-state index in [4.69, 9.17) is 4.74 Å². The van der Waals surface area contributed by atoms with Gasteiger partial charge in [0.15, 0.2) is 0 Å². The molecule has 1 aliphatic rings. The predicted molar refractivity (Wildman–Crippen MR) is 82.3 cm³/mol. The van der Waals surface area contributed by atoms with Gasteiger partial charge >= 0.3 is 147 Å². The van der Waals surface area contributed by atoms with Crippen molar-refractivity contribution in [3.05, 3.63) is 42.0 Å². The molecule has 0 saturated carbocycles. The first-order valence-corrected chi connectivity index (χ1v) is 8.99. The van der Waals surface area contributed by atoms with Gasteiger partial charge in [0, 0.05) is 0 Å². The molecule has 0 atom stereocenters. The summed E-state index contributed by atoms with van der Waals surface area (Å²) < 4.78 is 44.6. The standard InChI is InChI=1S/C15H13F3N3O.Tl/c16-15(17,18)8-20-11-1-2-14-13(6-11)10(3-4-22-14)5-12-7-19-9-21-12;/h1-2,5-7,9,20H,3-4,8H2;/q-1;+1/b10-5+;. The van der Waals surface area contributed by atoms with Crippen molar-refractivity contribution in [3.63, 3.8) is 0 Å². The Morgan fingerprint density at radius 3 is 2.91 bits per heavy atom. The van der Waals surface area contributed by atoms with E-state index in [2.05, 4.69) is 10.3 Å². The summed E-state index contributed by atoms with van der Waals surface area (Å²) in [6.45, 7) is -0.505. The molecule has 8 heteroatoms. The second kappa shape index (κ2) is 6.54. The number of aromatic nitrogens is 2. The molecule has 0 spiro atoms. The number of nitrogens with one attached hydrogen (secondary N) is 1. The van der Waals surface area contributed by atoms with Gasteiger partial charge in [0.05, 0.1) is 0 Å². The fourth-order valence-electron chi connectivity index (χ4n) is 2.38. The van der Waals surface area contributed by atoms with Crippen LogP contribution in [0.1, 0.15) is 17.7 Å². The van der Waals surface area contributed by atoms with Crippen LogP contribution in [0.5, 0.6) is 5.75 Å². The summed E-state index contributed by atoms with van der Waals surface area (Å²) in [5, 5.41) is 2.40. The molecule has 0 amide bonds. The normalized spacial score (nSPS) is 16.0. The molecular weight excluding hydrogens is 500 g/mol. The van der Waals surface area contributed by atoms with Crippen LogP contribution in [0.4, 0.5) is 18.9 Å². The van der Waals surface area contributed by atoms with E-state index in [-0.39, 0.29) is 0 Å². The van der Waals surface area contributed by atoms with Crippen LogP contribution in [0.25, 0.3) is 11.6 Å². The van der Waals surface area contributed by atoms with Gasteiger partial charge in [-0.25, -0.2) is 0 Å². The summed E-state index contributed by atoms with van der Waals surface area (Å²) in [4.78, 5) is 4.30. The second-order valence-electron chi connectivity index (χ2n) is 5.19. The van der Waals surface area contributed by atoms with Crippen molar-refractivity contribution in [2.45, 2.75) is 12.6 Å². The van der Waals surface area contributed by atoms with Gasteiger partial charge in [0.2, 0.25) is 0 Å². The van der Waals surface area contributed by atoms with Gasteiger partial charge in [-0.2, -0.15) is 0 Å². The van der Waals surface area contributed by atoms with Crippen LogP contribution in [-0.4, -0.2) is 52.8 Å². The predicted octanol–water partition coefficient (Wildman–Crippen LogP) is 3.11. The Morgan fingerprint density at radius 2 is 2.22 bits per heavy atom. The minimum absolute atomic E-state index is 0.424. The Balaban J connectivity index is 1.88. The fourth-order valence-corrected chi connectivity index (χ4v) is 3.23. The van der Waals surface area contributed by atoms with Crippen LogP contribution in [0.3, 0.4) is 0 Å². The first-order valence-electron chi connectivity index (χ1n) is 6.98. The quantitative estimate of drug-likeness (QED) is 0.643. The summed E-state index contributed by atoms with van der Waals surface area (Å²) in [5.41, 5.74) is 3.11. The number of halogens is 3. The van der Waals surface area contributed by atoms with Gasteiger partial charge in [0.1, 0.15) is 0 Å². The Kier molecular flexibility index (Phi) is 4.65. The molecule has 0 unspecified atom stereocenters. The van der Waals surface area contributed by atoms with Crippen molar-refractivity contribution in [2.24, 2.45) is 0 Å². The molecular formula is C15H13F3N3OTl. The maximum atomic E-state index is 12.3. The molecule has 0 fully saturated rings. The molecule has 2 heterocycles. The number of hydrogen-bond acceptors (Lipinski definition) is 3. The minimum atomic E-state index is -4.25. The third kappa shape index (κ3) is 4.27. The van der Waals surface area contributed by atoms with Crippen LogP contribution < -0.4 is 10.1 Å². The number of hydrogen-bond donors (Lipinski definition) is 1. The van der Waals surface area contributed by atoms with Crippen molar-refractivity contribution in [1.29, 1.82) is 0 Å². The Bertz CT molecular complexity index is 740. The molecule has 1 aromatic heterocycles. The third-order valence-corrected chi connectivity index (χ3v) is 4.49. The van der Waals surface area contributed by atoms with Crippen molar-refractivity contribution in [1.82, 2.24) is 7.36 Å². The van der Waals surface area contributed by atoms with Gasteiger partial charge in [-0.15, -0.1) is 0 Å². The molecule has 23 heavy (non-hydrogen) atoms. The number of anilines is 1. The number of rotatable bonds is 3. The van der Waals surface area contributed by atoms with Crippen molar-refractivity contribution < 1.29 is 17.9 Å². The Hall–Kier alpha value is -1.52. The van der Waals surface area contributed by atoms with Crippen LogP contribution >= 0.6 is 0 Å². The van der Waals surface area contributed by atoms with Crippen LogP contribution in [0.2, 0.25) is 0 Å². The number of fused-ring (bicyclic) bond motifs is 1. The van der Waals surface area contributed by atoms with E-state index in [1.807, 2.05) is 14.6 Å². The molecule has 1 aromatic carbocycles. The number of benzene rings is 1. The summed E-state index contributed by atoms with van der Waals surface area (Å²) in [5.74, 6) is 0.687. The van der Waals surface area contributed by atoms with Gasteiger partial charge in [-0.3, -0.25) is 0 Å². The van der Waals surface area contributed by atoms with Crippen molar-refractivity contribution >= 4 is 43.4 Å².